The van der Waals surface area contributed by atoms with E-state index in [9.17, 15) is 3.89 Å². The summed E-state index contributed by atoms with van der Waals surface area (Å²) in [4.78, 5) is 0.606. The monoisotopic (exact) mass is 304 g/mol. The van der Waals surface area contributed by atoms with E-state index >= 15 is 0 Å². The molecule has 0 amide bonds. The molecule has 1 aromatic carbocycles. The van der Waals surface area contributed by atoms with E-state index < -0.39 is 0 Å². The molecule has 1 aliphatic rings. The minimum Gasteiger partial charge on any atom is -0.376 e. The van der Waals surface area contributed by atoms with Crippen molar-refractivity contribution in [2.75, 3.05) is 0 Å². The van der Waals surface area contributed by atoms with Crippen LogP contribution in [0, 0.1) is 0 Å². The van der Waals surface area contributed by atoms with Crippen molar-refractivity contribution in [3.8, 4) is 0 Å². The first-order valence-electron chi connectivity index (χ1n) is 7.01. The smallest absolute Gasteiger partial charge is 0.0812 e. The van der Waals surface area contributed by atoms with Gasteiger partial charge in [0.15, 0.2) is 0 Å². The average molecular weight is 304 g/mol. The van der Waals surface area contributed by atoms with Crippen LogP contribution in [-0.2, 0) is 5.54 Å². The van der Waals surface area contributed by atoms with Gasteiger partial charge in [0.2, 0.25) is 0 Å². The summed E-state index contributed by atoms with van der Waals surface area (Å²) in [5.74, 6) is 0. The average Bonchev–Trinajstić information content (AvgIpc) is 2.45. The van der Waals surface area contributed by atoms with Gasteiger partial charge < -0.3 is 10.6 Å². The Bertz CT molecular complexity index is 603. The van der Waals surface area contributed by atoms with E-state index in [4.69, 9.17) is 0 Å². The van der Waals surface area contributed by atoms with E-state index in [0.717, 1.165) is 28.8 Å². The van der Waals surface area contributed by atoms with Crippen molar-refractivity contribution in [3.63, 3.8) is 0 Å². The van der Waals surface area contributed by atoms with Gasteiger partial charge in [0, 0.05) is 22.4 Å². The van der Waals surface area contributed by atoms with E-state index in [1.165, 1.54) is 0 Å². The molecule has 2 N–H and O–H groups in total. The molecule has 2 rings (SSSR count). The van der Waals surface area contributed by atoms with E-state index in [2.05, 4.69) is 38.0 Å². The predicted octanol–water partition coefficient (Wildman–Crippen LogP) is 4.87. The third kappa shape index (κ3) is 3.32. The first-order chi connectivity index (χ1) is 9.99. The van der Waals surface area contributed by atoms with Gasteiger partial charge in [0.05, 0.1) is 17.7 Å². The quantitative estimate of drug-likeness (QED) is 0.830. The van der Waals surface area contributed by atoms with E-state index in [0.29, 0.717) is 4.90 Å². The van der Waals surface area contributed by atoms with Gasteiger partial charge in [-0.3, -0.25) is 0 Å². The molecule has 112 valence electrons. The third-order valence-corrected chi connectivity index (χ3v) is 3.94. The highest BCUT2D eigenvalue weighted by Crippen LogP contribution is 2.39. The maximum atomic E-state index is 12.9. The van der Waals surface area contributed by atoms with Crippen LogP contribution in [0.5, 0.6) is 0 Å². The normalized spacial score (nSPS) is 18.7. The Morgan fingerprint density at radius 3 is 2.86 bits per heavy atom. The van der Waals surface area contributed by atoms with Gasteiger partial charge in [-0.05, 0) is 49.7 Å². The summed E-state index contributed by atoms with van der Waals surface area (Å²) in [5.41, 5.74) is 3.73. The summed E-state index contributed by atoms with van der Waals surface area (Å²) in [6.45, 7) is 10.4. The van der Waals surface area contributed by atoms with E-state index in [1.54, 1.807) is 0 Å². The number of hydrogen-bond acceptors (Lipinski definition) is 3. The van der Waals surface area contributed by atoms with Crippen molar-refractivity contribution in [2.45, 2.75) is 37.6 Å². The van der Waals surface area contributed by atoms with Crippen LogP contribution in [0.1, 0.15) is 38.3 Å². The van der Waals surface area contributed by atoms with Gasteiger partial charge in [-0.25, -0.2) is 0 Å². The molecule has 0 spiro atoms. The summed E-state index contributed by atoms with van der Waals surface area (Å²) >= 11 is 0.265. The molecule has 0 bridgehead atoms. The topological polar surface area (TPSA) is 24.1 Å². The summed E-state index contributed by atoms with van der Waals surface area (Å²) in [5, 5.41) is 6.56. The molecule has 0 aliphatic carbocycles. The lowest BCUT2D eigenvalue weighted by molar-refractivity contribution is 0.447. The molecular weight excluding hydrogens is 283 g/mol. The lowest BCUT2D eigenvalue weighted by Crippen LogP contribution is -2.40. The number of fused-ring (bicyclic) bond motifs is 1. The zero-order chi connectivity index (χ0) is 15.5. The molecule has 1 aliphatic heterocycles. The summed E-state index contributed by atoms with van der Waals surface area (Å²) in [7, 11) is 0. The largest absolute Gasteiger partial charge is 0.376 e. The van der Waals surface area contributed by atoms with Crippen molar-refractivity contribution >= 4 is 17.7 Å². The van der Waals surface area contributed by atoms with Crippen LogP contribution in [-0.4, -0.2) is 0 Å². The molecule has 0 saturated carbocycles. The molecule has 0 saturated heterocycles. The second-order valence-electron chi connectivity index (χ2n) is 5.55. The number of halogens is 1. The lowest BCUT2D eigenvalue weighted by Gasteiger charge is -2.37. The van der Waals surface area contributed by atoms with Crippen LogP contribution in [0.4, 0.5) is 3.89 Å². The molecule has 1 aromatic rings. The van der Waals surface area contributed by atoms with Crippen molar-refractivity contribution < 1.29 is 3.89 Å². The molecule has 0 radical (unpaired) electrons. The van der Waals surface area contributed by atoms with Gasteiger partial charge in [0.1, 0.15) is 0 Å². The van der Waals surface area contributed by atoms with Crippen molar-refractivity contribution in [1.29, 1.82) is 0 Å². The van der Waals surface area contributed by atoms with Crippen LogP contribution in [0.2, 0.25) is 0 Å². The Morgan fingerprint density at radius 2 is 2.19 bits per heavy atom. The van der Waals surface area contributed by atoms with Crippen molar-refractivity contribution in [2.24, 2.45) is 0 Å². The zero-order valence-electron chi connectivity index (χ0n) is 12.7. The molecule has 0 atom stereocenters. The van der Waals surface area contributed by atoms with E-state index in [-0.39, 0.29) is 17.7 Å². The fourth-order valence-electron chi connectivity index (χ4n) is 2.50. The summed E-state index contributed by atoms with van der Waals surface area (Å²) < 4.78 is 12.9. The van der Waals surface area contributed by atoms with Crippen LogP contribution in [0.25, 0.3) is 5.57 Å². The van der Waals surface area contributed by atoms with Crippen LogP contribution < -0.4 is 10.6 Å². The minimum atomic E-state index is -0.220. The Hall–Kier alpha value is -1.68. The van der Waals surface area contributed by atoms with Gasteiger partial charge >= 0.3 is 0 Å². The first kappa shape index (κ1) is 15.7. The molecule has 4 heteroatoms. The van der Waals surface area contributed by atoms with E-state index in [1.807, 2.05) is 36.7 Å². The number of nitrogens with one attached hydrogen (secondary N) is 2. The maximum absolute atomic E-state index is 12.9. The highest BCUT2D eigenvalue weighted by Gasteiger charge is 2.31. The summed E-state index contributed by atoms with van der Waals surface area (Å²) in [6.07, 6.45) is 6.81. The molecule has 2 nitrogen and oxygen atoms in total. The van der Waals surface area contributed by atoms with Gasteiger partial charge in [-0.15, -0.1) is 0 Å². The number of hydrogen-bond donors (Lipinski definition) is 2. The van der Waals surface area contributed by atoms with Gasteiger partial charge in [-0.1, -0.05) is 25.6 Å². The fraction of sp³-hybridized carbons (Fsp3) is 0.294. The second-order valence-corrected chi connectivity index (χ2v) is 6.17. The first-order valence-corrected chi connectivity index (χ1v) is 7.73. The molecule has 0 unspecified atom stereocenters. The second kappa shape index (κ2) is 6.39. The molecule has 0 aromatic heterocycles. The highest BCUT2D eigenvalue weighted by molar-refractivity contribution is 7.94. The molecular formula is C17H21FN2S. The van der Waals surface area contributed by atoms with Crippen molar-refractivity contribution in [1.82, 2.24) is 10.6 Å². The van der Waals surface area contributed by atoms with Crippen LogP contribution in [0.15, 0.2) is 53.8 Å². The Morgan fingerprint density at radius 1 is 1.43 bits per heavy atom. The number of rotatable bonds is 4. The highest BCUT2D eigenvalue weighted by atomic mass is 32.2. The molecule has 21 heavy (non-hydrogen) atoms. The Labute approximate surface area is 130 Å². The Balaban J connectivity index is 2.48. The van der Waals surface area contributed by atoms with Gasteiger partial charge in [-0.2, -0.15) is 3.89 Å². The SMILES string of the molecule is C=C1NC(C)(C)c2ccc(SF)cc2/C1=C/N/C=C/CC. The third-order valence-electron chi connectivity index (χ3n) is 3.51. The van der Waals surface area contributed by atoms with Gasteiger partial charge in [0.25, 0.3) is 0 Å². The molecule has 0 fully saturated rings. The zero-order valence-corrected chi connectivity index (χ0v) is 13.5. The van der Waals surface area contributed by atoms with Crippen LogP contribution >= 0.6 is 12.1 Å². The lowest BCUT2D eigenvalue weighted by atomic mass is 9.82. The maximum Gasteiger partial charge on any atom is 0.0812 e. The molecule has 1 heterocycles. The summed E-state index contributed by atoms with van der Waals surface area (Å²) in [6, 6.07) is 5.67. The minimum absolute atomic E-state index is 0.220. The number of allylic oxidation sites excluding steroid dienone is 2. The van der Waals surface area contributed by atoms with Crippen molar-refractivity contribution in [3.05, 3.63) is 60.1 Å². The number of benzene rings is 1. The Kier molecular flexibility index (Phi) is 4.78. The predicted molar refractivity (Wildman–Crippen MR) is 89.3 cm³/mol. The standard InChI is InChI=1S/C17H21FN2S/c1-5-6-9-19-11-15-12(2)20-17(3,4)16-8-7-13(21-18)10-14(15)16/h6-11,19-20H,2,5H2,1,3-4H3/b9-6+,15-11+. The fourth-order valence-corrected chi connectivity index (χ4v) is 2.78. The van der Waals surface area contributed by atoms with Crippen LogP contribution in [0.3, 0.4) is 0 Å².